The SMILES string of the molecule is CCCCCCOc1ccc(N=Cc2ccc(OCCCCC)cc2O)cc1. The van der Waals surface area contributed by atoms with E-state index in [1.54, 1.807) is 12.3 Å². The molecule has 4 nitrogen and oxygen atoms in total. The highest BCUT2D eigenvalue weighted by atomic mass is 16.5. The first-order chi connectivity index (χ1) is 13.7. The monoisotopic (exact) mass is 383 g/mol. The molecule has 0 aromatic heterocycles. The molecule has 0 atom stereocenters. The van der Waals surface area contributed by atoms with Gasteiger partial charge in [-0.05, 0) is 49.2 Å². The smallest absolute Gasteiger partial charge is 0.128 e. The lowest BCUT2D eigenvalue weighted by atomic mass is 10.2. The van der Waals surface area contributed by atoms with Crippen molar-refractivity contribution in [1.29, 1.82) is 0 Å². The van der Waals surface area contributed by atoms with E-state index in [-0.39, 0.29) is 5.75 Å². The number of benzene rings is 2. The van der Waals surface area contributed by atoms with Gasteiger partial charge >= 0.3 is 0 Å². The number of ether oxygens (including phenoxy) is 2. The number of hydrogen-bond donors (Lipinski definition) is 1. The highest BCUT2D eigenvalue weighted by Gasteiger charge is 2.02. The maximum absolute atomic E-state index is 10.2. The van der Waals surface area contributed by atoms with Gasteiger partial charge < -0.3 is 14.6 Å². The quantitative estimate of drug-likeness (QED) is 0.310. The van der Waals surface area contributed by atoms with Crippen LogP contribution < -0.4 is 9.47 Å². The normalized spacial score (nSPS) is 11.1. The van der Waals surface area contributed by atoms with Gasteiger partial charge in [-0.25, -0.2) is 0 Å². The Morgan fingerprint density at radius 3 is 2.07 bits per heavy atom. The predicted molar refractivity (Wildman–Crippen MR) is 116 cm³/mol. The zero-order valence-electron chi connectivity index (χ0n) is 17.2. The summed E-state index contributed by atoms with van der Waals surface area (Å²) in [6.45, 7) is 5.79. The van der Waals surface area contributed by atoms with Crippen molar-refractivity contribution in [2.24, 2.45) is 4.99 Å². The van der Waals surface area contributed by atoms with Crippen LogP contribution in [0.2, 0.25) is 0 Å². The van der Waals surface area contributed by atoms with Gasteiger partial charge in [0.1, 0.15) is 17.2 Å². The first-order valence-electron chi connectivity index (χ1n) is 10.5. The predicted octanol–water partition coefficient (Wildman–Crippen LogP) is 6.67. The summed E-state index contributed by atoms with van der Waals surface area (Å²) in [6, 6.07) is 13.0. The Kier molecular flexibility index (Phi) is 9.98. The van der Waals surface area contributed by atoms with Crippen LogP contribution in [0.4, 0.5) is 5.69 Å². The fraction of sp³-hybridized carbons (Fsp3) is 0.458. The van der Waals surface area contributed by atoms with E-state index in [0.717, 1.165) is 43.7 Å². The third kappa shape index (κ3) is 8.03. The molecule has 152 valence electrons. The molecule has 0 fully saturated rings. The second-order valence-electron chi connectivity index (χ2n) is 6.94. The lowest BCUT2D eigenvalue weighted by molar-refractivity contribution is 0.304. The van der Waals surface area contributed by atoms with Gasteiger partial charge in [0.25, 0.3) is 0 Å². The van der Waals surface area contributed by atoms with E-state index < -0.39 is 0 Å². The number of phenols is 1. The van der Waals surface area contributed by atoms with Gasteiger partial charge in [-0.15, -0.1) is 0 Å². The summed E-state index contributed by atoms with van der Waals surface area (Å²) in [7, 11) is 0. The van der Waals surface area contributed by atoms with Crippen LogP contribution in [0, 0.1) is 0 Å². The van der Waals surface area contributed by atoms with Crippen molar-refractivity contribution >= 4 is 11.9 Å². The Morgan fingerprint density at radius 2 is 1.39 bits per heavy atom. The van der Waals surface area contributed by atoms with Crippen molar-refractivity contribution in [1.82, 2.24) is 0 Å². The molecule has 0 saturated carbocycles. The topological polar surface area (TPSA) is 51.0 Å². The molecule has 2 aromatic carbocycles. The lowest BCUT2D eigenvalue weighted by Crippen LogP contribution is -1.97. The number of hydrogen-bond acceptors (Lipinski definition) is 4. The van der Waals surface area contributed by atoms with Crippen molar-refractivity contribution in [2.75, 3.05) is 13.2 Å². The zero-order chi connectivity index (χ0) is 20.0. The summed E-state index contributed by atoms with van der Waals surface area (Å²) >= 11 is 0. The van der Waals surface area contributed by atoms with E-state index in [1.165, 1.54) is 19.3 Å². The van der Waals surface area contributed by atoms with E-state index >= 15 is 0 Å². The molecule has 0 heterocycles. The van der Waals surface area contributed by atoms with Crippen LogP contribution in [-0.4, -0.2) is 24.5 Å². The summed E-state index contributed by atoms with van der Waals surface area (Å²) in [5, 5.41) is 10.2. The van der Waals surface area contributed by atoms with E-state index in [1.807, 2.05) is 36.4 Å². The highest BCUT2D eigenvalue weighted by Crippen LogP contribution is 2.24. The Labute approximate surface area is 169 Å². The standard InChI is InChI=1S/C24H33NO3/c1-3-5-7-9-17-27-22-14-11-21(12-15-22)25-19-20-10-13-23(18-24(20)26)28-16-8-6-4-2/h10-15,18-19,26H,3-9,16-17H2,1-2H3. The van der Waals surface area contributed by atoms with Crippen molar-refractivity contribution in [3.63, 3.8) is 0 Å². The van der Waals surface area contributed by atoms with Crippen LogP contribution in [0.5, 0.6) is 17.2 Å². The molecule has 0 bridgehead atoms. The van der Waals surface area contributed by atoms with Crippen LogP contribution in [0.1, 0.15) is 64.4 Å². The fourth-order valence-electron chi connectivity index (χ4n) is 2.76. The van der Waals surface area contributed by atoms with Crippen LogP contribution >= 0.6 is 0 Å². The molecule has 0 amide bonds. The van der Waals surface area contributed by atoms with Gasteiger partial charge in [0.05, 0.1) is 18.9 Å². The molecule has 2 rings (SSSR count). The molecule has 4 heteroatoms. The third-order valence-corrected chi connectivity index (χ3v) is 4.47. The van der Waals surface area contributed by atoms with Crippen molar-refractivity contribution in [3.05, 3.63) is 48.0 Å². The van der Waals surface area contributed by atoms with E-state index in [0.29, 0.717) is 17.9 Å². The van der Waals surface area contributed by atoms with Gasteiger partial charge in [0.2, 0.25) is 0 Å². The maximum Gasteiger partial charge on any atom is 0.128 e. The summed E-state index contributed by atoms with van der Waals surface area (Å²) < 4.78 is 11.4. The Morgan fingerprint density at radius 1 is 0.786 bits per heavy atom. The van der Waals surface area contributed by atoms with Crippen LogP contribution in [-0.2, 0) is 0 Å². The molecule has 0 aliphatic heterocycles. The zero-order valence-corrected chi connectivity index (χ0v) is 17.2. The van der Waals surface area contributed by atoms with Crippen molar-refractivity contribution in [3.8, 4) is 17.2 Å². The third-order valence-electron chi connectivity index (χ3n) is 4.47. The van der Waals surface area contributed by atoms with Gasteiger partial charge in [0, 0.05) is 17.8 Å². The number of aromatic hydroxyl groups is 1. The molecular formula is C24H33NO3. The van der Waals surface area contributed by atoms with Crippen LogP contribution in [0.15, 0.2) is 47.5 Å². The molecule has 0 spiro atoms. The van der Waals surface area contributed by atoms with Gasteiger partial charge in [-0.2, -0.15) is 0 Å². The van der Waals surface area contributed by atoms with Gasteiger partial charge in [-0.3, -0.25) is 4.99 Å². The molecule has 0 radical (unpaired) electrons. The maximum atomic E-state index is 10.2. The van der Waals surface area contributed by atoms with Crippen LogP contribution in [0.25, 0.3) is 0 Å². The fourth-order valence-corrected chi connectivity index (χ4v) is 2.76. The first-order valence-corrected chi connectivity index (χ1v) is 10.5. The summed E-state index contributed by atoms with van der Waals surface area (Å²) in [5.41, 5.74) is 1.48. The molecule has 1 N–H and O–H groups in total. The molecule has 0 unspecified atom stereocenters. The minimum atomic E-state index is 0.170. The van der Waals surface area contributed by atoms with Crippen molar-refractivity contribution in [2.45, 2.75) is 58.8 Å². The first kappa shape index (κ1) is 21.8. The number of unbranched alkanes of at least 4 members (excludes halogenated alkanes) is 5. The highest BCUT2D eigenvalue weighted by molar-refractivity contribution is 5.85. The average Bonchev–Trinajstić information content (AvgIpc) is 2.71. The van der Waals surface area contributed by atoms with E-state index in [4.69, 9.17) is 9.47 Å². The minimum Gasteiger partial charge on any atom is -0.507 e. The minimum absolute atomic E-state index is 0.170. The molecular weight excluding hydrogens is 350 g/mol. The van der Waals surface area contributed by atoms with Gasteiger partial charge in [-0.1, -0.05) is 46.0 Å². The average molecular weight is 384 g/mol. The number of nitrogens with zero attached hydrogens (tertiary/aromatic N) is 1. The lowest BCUT2D eigenvalue weighted by Gasteiger charge is -2.07. The Hall–Kier alpha value is -2.49. The number of aliphatic imine (C=N–C) groups is 1. The summed E-state index contributed by atoms with van der Waals surface area (Å²) in [5.74, 6) is 1.72. The molecule has 0 aliphatic carbocycles. The molecule has 28 heavy (non-hydrogen) atoms. The largest absolute Gasteiger partial charge is 0.507 e. The van der Waals surface area contributed by atoms with E-state index in [9.17, 15) is 5.11 Å². The summed E-state index contributed by atoms with van der Waals surface area (Å²) in [6.07, 6.45) is 9.80. The molecule has 2 aromatic rings. The Balaban J connectivity index is 1.83. The van der Waals surface area contributed by atoms with Crippen LogP contribution in [0.3, 0.4) is 0 Å². The van der Waals surface area contributed by atoms with Crippen molar-refractivity contribution < 1.29 is 14.6 Å². The molecule has 0 saturated heterocycles. The second kappa shape index (κ2) is 12.8. The molecule has 0 aliphatic rings. The number of rotatable bonds is 13. The Bertz CT molecular complexity index is 710. The summed E-state index contributed by atoms with van der Waals surface area (Å²) in [4.78, 5) is 4.43. The van der Waals surface area contributed by atoms with Gasteiger partial charge in [0.15, 0.2) is 0 Å². The van der Waals surface area contributed by atoms with E-state index in [2.05, 4.69) is 18.8 Å². The number of phenolic OH excluding ortho intramolecular Hbond substituents is 1. The second-order valence-corrected chi connectivity index (χ2v) is 6.94.